The molecule has 0 radical (unpaired) electrons. The second-order valence-corrected chi connectivity index (χ2v) is 4.23. The van der Waals surface area contributed by atoms with E-state index in [1.807, 2.05) is 24.3 Å². The first kappa shape index (κ1) is 12.8. The van der Waals surface area contributed by atoms with Crippen molar-refractivity contribution in [3.63, 3.8) is 0 Å². The van der Waals surface area contributed by atoms with Crippen LogP contribution in [0.15, 0.2) is 30.3 Å². The summed E-state index contributed by atoms with van der Waals surface area (Å²) in [6.07, 6.45) is 0. The highest BCUT2D eigenvalue weighted by Gasteiger charge is 2.04. The van der Waals surface area contributed by atoms with Crippen LogP contribution in [0.2, 0.25) is 5.15 Å². The van der Waals surface area contributed by atoms with E-state index in [4.69, 9.17) is 16.3 Å². The Morgan fingerprint density at radius 1 is 1.28 bits per heavy atom. The van der Waals surface area contributed by atoms with Crippen LogP contribution in [0.1, 0.15) is 11.4 Å². The van der Waals surface area contributed by atoms with E-state index in [1.54, 1.807) is 20.1 Å². The maximum absolute atomic E-state index is 5.90. The van der Waals surface area contributed by atoms with Crippen LogP contribution in [-0.4, -0.2) is 17.1 Å². The van der Waals surface area contributed by atoms with Crippen LogP contribution < -0.4 is 5.32 Å². The smallest absolute Gasteiger partial charge is 0.135 e. The molecular formula is C13H14ClN3O. The van der Waals surface area contributed by atoms with E-state index < -0.39 is 0 Å². The third-order valence-electron chi connectivity index (χ3n) is 2.39. The summed E-state index contributed by atoms with van der Waals surface area (Å²) in [4.78, 5) is 8.31. The Morgan fingerprint density at radius 3 is 2.78 bits per heavy atom. The van der Waals surface area contributed by atoms with E-state index in [1.165, 1.54) is 0 Å². The zero-order valence-corrected chi connectivity index (χ0v) is 11.0. The Hall–Kier alpha value is -1.65. The van der Waals surface area contributed by atoms with Gasteiger partial charge in [-0.3, -0.25) is 0 Å². The molecule has 18 heavy (non-hydrogen) atoms. The van der Waals surface area contributed by atoms with E-state index in [-0.39, 0.29) is 0 Å². The lowest BCUT2D eigenvalue weighted by Crippen LogP contribution is -2.00. The Morgan fingerprint density at radius 2 is 2.06 bits per heavy atom. The molecule has 0 atom stereocenters. The Bertz CT molecular complexity index is 525. The predicted molar refractivity (Wildman–Crippen MR) is 72.2 cm³/mol. The van der Waals surface area contributed by atoms with Crippen molar-refractivity contribution in [1.82, 2.24) is 9.97 Å². The Labute approximate surface area is 111 Å². The molecule has 1 aromatic carbocycles. The first-order valence-electron chi connectivity index (χ1n) is 5.54. The van der Waals surface area contributed by atoms with Crippen molar-refractivity contribution in [1.29, 1.82) is 0 Å². The molecule has 0 unspecified atom stereocenters. The Balaban J connectivity index is 2.27. The lowest BCUT2D eigenvalue weighted by atomic mass is 10.2. The Kier molecular flexibility index (Phi) is 4.12. The van der Waals surface area contributed by atoms with Crippen LogP contribution in [0.3, 0.4) is 0 Å². The van der Waals surface area contributed by atoms with Crippen molar-refractivity contribution in [2.45, 2.75) is 13.5 Å². The van der Waals surface area contributed by atoms with Crippen molar-refractivity contribution < 1.29 is 4.74 Å². The highest BCUT2D eigenvalue weighted by molar-refractivity contribution is 6.29. The first-order valence-corrected chi connectivity index (χ1v) is 5.92. The van der Waals surface area contributed by atoms with E-state index in [9.17, 15) is 0 Å². The van der Waals surface area contributed by atoms with Crippen molar-refractivity contribution in [3.05, 3.63) is 46.9 Å². The van der Waals surface area contributed by atoms with Gasteiger partial charge in [0.15, 0.2) is 0 Å². The number of para-hydroxylation sites is 1. The molecule has 4 nitrogen and oxygen atoms in total. The summed E-state index contributed by atoms with van der Waals surface area (Å²) in [5, 5.41) is 3.65. The van der Waals surface area contributed by atoms with Crippen molar-refractivity contribution in [2.24, 2.45) is 0 Å². The summed E-state index contributed by atoms with van der Waals surface area (Å²) in [5.41, 5.74) is 2.01. The number of methoxy groups -OCH3 is 1. The largest absolute Gasteiger partial charge is 0.380 e. The third-order valence-corrected chi connectivity index (χ3v) is 2.58. The van der Waals surface area contributed by atoms with Crippen LogP contribution in [0, 0.1) is 6.92 Å². The number of anilines is 2. The molecule has 1 aromatic heterocycles. The second kappa shape index (κ2) is 5.80. The van der Waals surface area contributed by atoms with Gasteiger partial charge in [-0.15, -0.1) is 0 Å². The number of hydrogen-bond acceptors (Lipinski definition) is 4. The van der Waals surface area contributed by atoms with Crippen LogP contribution >= 0.6 is 11.6 Å². The normalized spacial score (nSPS) is 10.4. The van der Waals surface area contributed by atoms with Gasteiger partial charge in [-0.1, -0.05) is 29.8 Å². The number of benzene rings is 1. The molecule has 1 N–H and O–H groups in total. The lowest BCUT2D eigenvalue weighted by molar-refractivity contribution is 0.185. The topological polar surface area (TPSA) is 47.0 Å². The maximum Gasteiger partial charge on any atom is 0.135 e. The number of aromatic nitrogens is 2. The molecule has 2 rings (SSSR count). The zero-order valence-electron chi connectivity index (χ0n) is 10.3. The molecule has 1 heterocycles. The molecular weight excluding hydrogens is 250 g/mol. The fraction of sp³-hybridized carbons (Fsp3) is 0.231. The number of ether oxygens (including phenoxy) is 1. The number of hydrogen-bond donors (Lipinski definition) is 1. The molecule has 0 bridgehead atoms. The van der Waals surface area contributed by atoms with Crippen LogP contribution in [0.5, 0.6) is 0 Å². The molecule has 0 aliphatic carbocycles. The van der Waals surface area contributed by atoms with Gasteiger partial charge in [-0.05, 0) is 13.0 Å². The highest BCUT2D eigenvalue weighted by Crippen LogP contribution is 2.21. The van der Waals surface area contributed by atoms with Gasteiger partial charge in [-0.25, -0.2) is 9.97 Å². The van der Waals surface area contributed by atoms with Gasteiger partial charge >= 0.3 is 0 Å². The standard InChI is InChI=1S/C13H14ClN3O/c1-9-15-12(14)7-13(16-9)17-11-6-4-3-5-10(11)8-18-2/h3-7H,8H2,1-2H3,(H,15,16,17). The zero-order chi connectivity index (χ0) is 13.0. The van der Waals surface area contributed by atoms with Gasteiger partial charge < -0.3 is 10.1 Å². The quantitative estimate of drug-likeness (QED) is 0.860. The number of aryl methyl sites for hydroxylation is 1. The van der Waals surface area contributed by atoms with Crippen LogP contribution in [0.25, 0.3) is 0 Å². The second-order valence-electron chi connectivity index (χ2n) is 3.84. The predicted octanol–water partition coefficient (Wildman–Crippen LogP) is 3.33. The van der Waals surface area contributed by atoms with Gasteiger partial charge in [-0.2, -0.15) is 0 Å². The van der Waals surface area contributed by atoms with Crippen molar-refractivity contribution in [3.8, 4) is 0 Å². The summed E-state index contributed by atoms with van der Waals surface area (Å²) in [7, 11) is 1.67. The third kappa shape index (κ3) is 3.18. The number of halogens is 1. The summed E-state index contributed by atoms with van der Waals surface area (Å²) < 4.78 is 5.15. The van der Waals surface area contributed by atoms with Crippen LogP contribution in [0.4, 0.5) is 11.5 Å². The summed E-state index contributed by atoms with van der Waals surface area (Å²) >= 11 is 5.90. The van der Waals surface area contributed by atoms with E-state index in [2.05, 4.69) is 15.3 Å². The van der Waals surface area contributed by atoms with E-state index in [0.29, 0.717) is 23.4 Å². The molecule has 0 aliphatic heterocycles. The fourth-order valence-corrected chi connectivity index (χ4v) is 1.88. The lowest BCUT2D eigenvalue weighted by Gasteiger charge is -2.11. The molecule has 0 fully saturated rings. The maximum atomic E-state index is 5.90. The average Bonchev–Trinajstić information content (AvgIpc) is 2.30. The van der Waals surface area contributed by atoms with Crippen molar-refractivity contribution >= 4 is 23.1 Å². The minimum atomic E-state index is 0.425. The van der Waals surface area contributed by atoms with Gasteiger partial charge in [0.25, 0.3) is 0 Å². The summed E-state index contributed by atoms with van der Waals surface area (Å²) in [6, 6.07) is 9.59. The minimum Gasteiger partial charge on any atom is -0.380 e. The first-order chi connectivity index (χ1) is 8.69. The number of rotatable bonds is 4. The highest BCUT2D eigenvalue weighted by atomic mass is 35.5. The molecule has 94 valence electrons. The van der Waals surface area contributed by atoms with E-state index >= 15 is 0 Å². The summed E-state index contributed by atoms with van der Waals surface area (Å²) in [6.45, 7) is 2.35. The minimum absolute atomic E-state index is 0.425. The SMILES string of the molecule is COCc1ccccc1Nc1cc(Cl)nc(C)n1. The molecule has 0 spiro atoms. The fourth-order valence-electron chi connectivity index (χ4n) is 1.66. The number of nitrogens with zero attached hydrogens (tertiary/aromatic N) is 2. The number of nitrogens with one attached hydrogen (secondary N) is 1. The van der Waals surface area contributed by atoms with E-state index in [0.717, 1.165) is 11.3 Å². The van der Waals surface area contributed by atoms with Gasteiger partial charge in [0.2, 0.25) is 0 Å². The van der Waals surface area contributed by atoms with Crippen molar-refractivity contribution in [2.75, 3.05) is 12.4 Å². The molecule has 0 amide bonds. The molecule has 0 aliphatic rings. The molecule has 0 saturated heterocycles. The van der Waals surface area contributed by atoms with Gasteiger partial charge in [0.05, 0.1) is 6.61 Å². The van der Waals surface area contributed by atoms with Crippen LogP contribution in [-0.2, 0) is 11.3 Å². The van der Waals surface area contributed by atoms with Gasteiger partial charge in [0, 0.05) is 24.4 Å². The molecule has 0 saturated carbocycles. The summed E-state index contributed by atoms with van der Waals surface area (Å²) in [5.74, 6) is 1.31. The molecule has 5 heteroatoms. The monoisotopic (exact) mass is 263 g/mol. The molecule has 2 aromatic rings. The average molecular weight is 264 g/mol. The van der Waals surface area contributed by atoms with Gasteiger partial charge in [0.1, 0.15) is 16.8 Å².